The number of halogens is 2. The van der Waals surface area contributed by atoms with Gasteiger partial charge in [0.15, 0.2) is 0 Å². The molecule has 0 N–H and O–H groups in total. The molecule has 4 rings (SSSR count). The van der Waals surface area contributed by atoms with Crippen molar-refractivity contribution in [1.29, 1.82) is 0 Å². The van der Waals surface area contributed by atoms with Gasteiger partial charge in [-0.1, -0.05) is 76.9 Å². The molecular formula is C31H40Cl2Ti-2. The van der Waals surface area contributed by atoms with Gasteiger partial charge in [0.2, 0.25) is 0 Å². The van der Waals surface area contributed by atoms with Crippen LogP contribution in [-0.4, -0.2) is 3.81 Å². The van der Waals surface area contributed by atoms with Crippen molar-refractivity contribution in [3.63, 3.8) is 0 Å². The molecule has 0 unspecified atom stereocenters. The Hall–Kier alpha value is -1.05. The number of allylic oxidation sites excluding steroid dienone is 4. The summed E-state index contributed by atoms with van der Waals surface area (Å²) in [5, 5.41) is 5.48. The van der Waals surface area contributed by atoms with Crippen molar-refractivity contribution in [2.45, 2.75) is 85.5 Å². The van der Waals surface area contributed by atoms with Gasteiger partial charge < -0.3 is 24.8 Å². The molecule has 3 heteroatoms. The molecule has 0 amide bonds. The molecule has 0 aromatic heterocycles. The van der Waals surface area contributed by atoms with E-state index >= 15 is 0 Å². The Balaban J connectivity index is 0.000000700. The van der Waals surface area contributed by atoms with Crippen LogP contribution in [0.15, 0.2) is 60.7 Å². The number of hydrogen-bond acceptors (Lipinski definition) is 0. The first kappa shape index (κ1) is 33.0. The zero-order valence-electron chi connectivity index (χ0n) is 22.2. The monoisotopic (exact) mass is 530 g/mol. The Morgan fingerprint density at radius 3 is 1.50 bits per heavy atom. The third-order valence-electron chi connectivity index (χ3n) is 5.88. The van der Waals surface area contributed by atoms with E-state index in [1.54, 1.807) is 3.81 Å². The summed E-state index contributed by atoms with van der Waals surface area (Å²) in [6.45, 7) is 18.0. The number of benzene rings is 2. The van der Waals surface area contributed by atoms with Gasteiger partial charge in [-0.15, -0.1) is 46.2 Å². The zero-order valence-corrected chi connectivity index (χ0v) is 25.2. The molecule has 0 atom stereocenters. The maximum atomic E-state index is 2.99. The second-order valence-electron chi connectivity index (χ2n) is 10.6. The van der Waals surface area contributed by atoms with Gasteiger partial charge in [-0.3, -0.25) is 6.08 Å². The largest absolute Gasteiger partial charge is 1.00 e. The first-order valence-electron chi connectivity index (χ1n) is 11.9. The molecule has 0 saturated carbocycles. The Morgan fingerprint density at radius 1 is 0.824 bits per heavy atom. The van der Waals surface area contributed by atoms with E-state index in [0.717, 1.165) is 6.42 Å². The van der Waals surface area contributed by atoms with E-state index in [1.165, 1.54) is 45.5 Å². The van der Waals surface area contributed by atoms with Crippen LogP contribution in [0.3, 0.4) is 0 Å². The molecule has 34 heavy (non-hydrogen) atoms. The van der Waals surface area contributed by atoms with Gasteiger partial charge in [-0.2, -0.15) is 6.08 Å². The molecule has 184 valence electrons. The first-order valence-corrected chi connectivity index (χ1v) is 12.7. The first-order chi connectivity index (χ1) is 15.0. The van der Waals surface area contributed by atoms with E-state index < -0.39 is 0 Å². The summed E-state index contributed by atoms with van der Waals surface area (Å²) in [5.74, 6) is 0. The fourth-order valence-electron chi connectivity index (χ4n) is 3.55. The standard InChI is InChI=1S/C21H25.C5H5.C5H10.2ClH.Ti/c1-20(2,3)16-7-9-18-14(12-16)11-15-13-17(21(4,5)6)8-10-19(15)18;1-2-4-5-3-1;1-3-5-4-2;;;/h7-13H,1-6H3;1-3H,4H2;3-4H2,1-2H3;2*1H;/q2*-1;;;;+2/p-2. The van der Waals surface area contributed by atoms with E-state index in [0.29, 0.717) is 0 Å². The van der Waals surface area contributed by atoms with E-state index in [1.807, 2.05) is 12.2 Å². The van der Waals surface area contributed by atoms with Crippen molar-refractivity contribution in [2.75, 3.05) is 0 Å². The van der Waals surface area contributed by atoms with E-state index in [-0.39, 0.29) is 35.6 Å². The Bertz CT molecular complexity index is 1020. The van der Waals surface area contributed by atoms with Gasteiger partial charge >= 0.3 is 50.5 Å². The molecule has 0 nitrogen and oxygen atoms in total. The average molecular weight is 531 g/mol. The quantitative estimate of drug-likeness (QED) is 0.352. The molecule has 0 heterocycles. The molecule has 0 fully saturated rings. The van der Waals surface area contributed by atoms with Crippen molar-refractivity contribution in [3.05, 3.63) is 77.9 Å². The van der Waals surface area contributed by atoms with Gasteiger partial charge in [0.05, 0.1) is 0 Å². The third kappa shape index (κ3) is 9.54. The fraction of sp³-hybridized carbons (Fsp3) is 0.419. The summed E-state index contributed by atoms with van der Waals surface area (Å²) in [4.78, 5) is 0. The molecule has 3 aromatic rings. The fourth-order valence-corrected chi connectivity index (χ4v) is 3.55. The van der Waals surface area contributed by atoms with Crippen LogP contribution in [0.5, 0.6) is 0 Å². The average Bonchev–Trinajstić information content (AvgIpc) is 3.42. The number of rotatable bonds is 2. The Kier molecular flexibility index (Phi) is 14.1. The summed E-state index contributed by atoms with van der Waals surface area (Å²) in [6.07, 6.45) is 12.5. The second-order valence-corrected chi connectivity index (χ2v) is 11.7. The molecule has 1 aliphatic carbocycles. The molecule has 1 aliphatic rings. The molecular weight excluding hydrogens is 491 g/mol. The molecule has 0 bridgehead atoms. The predicted molar refractivity (Wildman–Crippen MR) is 142 cm³/mol. The van der Waals surface area contributed by atoms with Gasteiger partial charge in [-0.25, -0.2) is 12.2 Å². The summed E-state index contributed by atoms with van der Waals surface area (Å²) in [5.41, 5.74) is 3.21. The third-order valence-corrected chi connectivity index (χ3v) is 6.98. The van der Waals surface area contributed by atoms with Crippen LogP contribution in [0.2, 0.25) is 0 Å². The summed E-state index contributed by atoms with van der Waals surface area (Å²) >= 11 is 2.19. The topological polar surface area (TPSA) is 0 Å². The normalized spacial score (nSPS) is 12.3. The minimum atomic E-state index is 0. The minimum Gasteiger partial charge on any atom is -1.00 e. The summed E-state index contributed by atoms with van der Waals surface area (Å²) in [7, 11) is 0. The van der Waals surface area contributed by atoms with Gasteiger partial charge in [-0.05, 0) is 10.8 Å². The van der Waals surface area contributed by atoms with Crippen molar-refractivity contribution in [2.24, 2.45) is 0 Å². The molecule has 0 saturated heterocycles. The smallest absolute Gasteiger partial charge is 0.109 e. The van der Waals surface area contributed by atoms with E-state index in [9.17, 15) is 0 Å². The number of hydrogen-bond donors (Lipinski definition) is 0. The van der Waals surface area contributed by atoms with Crippen LogP contribution >= 0.6 is 0 Å². The predicted octanol–water partition coefficient (Wildman–Crippen LogP) is 3.15. The van der Waals surface area contributed by atoms with Crippen molar-refractivity contribution < 1.29 is 44.8 Å². The summed E-state index contributed by atoms with van der Waals surface area (Å²) < 4.78 is 1.59. The maximum Gasteiger partial charge on any atom is -0.109 e. The van der Waals surface area contributed by atoms with Gasteiger partial charge in [0, 0.05) is 0 Å². The van der Waals surface area contributed by atoms with Crippen LogP contribution in [0.25, 0.3) is 21.5 Å². The maximum absolute atomic E-state index is 2.99. The van der Waals surface area contributed by atoms with Crippen molar-refractivity contribution in [1.82, 2.24) is 0 Å². The van der Waals surface area contributed by atoms with Crippen LogP contribution in [0.1, 0.15) is 85.8 Å². The SMILES string of the molecule is CC(C)(C)c1ccc2c(c1)[cH-]c1cc(C(C)(C)C)ccc12.CC[C](=[Ti+2])CC.[C-]1=CC=CC1.[Cl-].[Cl-]. The Labute approximate surface area is 232 Å². The van der Waals surface area contributed by atoms with Crippen LogP contribution in [-0.2, 0) is 30.8 Å². The van der Waals surface area contributed by atoms with Crippen LogP contribution in [0, 0.1) is 6.08 Å². The Morgan fingerprint density at radius 2 is 1.26 bits per heavy atom. The molecule has 0 aliphatic heterocycles. The minimum absolute atomic E-state index is 0. The van der Waals surface area contributed by atoms with Crippen LogP contribution in [0.4, 0.5) is 0 Å². The molecule has 3 aromatic carbocycles. The van der Waals surface area contributed by atoms with Gasteiger partial charge in [0.1, 0.15) is 0 Å². The second kappa shape index (κ2) is 14.5. The van der Waals surface area contributed by atoms with E-state index in [2.05, 4.69) is 130 Å². The zero-order chi connectivity index (χ0) is 23.9. The summed E-state index contributed by atoms with van der Waals surface area (Å²) in [6, 6.07) is 16.2. The van der Waals surface area contributed by atoms with E-state index in [4.69, 9.17) is 0 Å². The van der Waals surface area contributed by atoms with Crippen LogP contribution < -0.4 is 24.8 Å². The van der Waals surface area contributed by atoms with Crippen molar-refractivity contribution >= 4 is 25.4 Å². The van der Waals surface area contributed by atoms with Crippen molar-refractivity contribution in [3.8, 4) is 0 Å². The molecule has 0 radical (unpaired) electrons. The number of fused-ring (bicyclic) bond motifs is 3. The molecule has 0 spiro atoms. The van der Waals surface area contributed by atoms with Gasteiger partial charge in [0.25, 0.3) is 0 Å².